The van der Waals surface area contributed by atoms with Crippen LogP contribution in [0.2, 0.25) is 0 Å². The van der Waals surface area contributed by atoms with Crippen LogP contribution in [0.4, 0.5) is 0 Å². The number of aliphatic carboxylic acids is 1. The zero-order chi connectivity index (χ0) is 25.2. The molecule has 4 aliphatic rings. The Kier molecular flexibility index (Phi) is 5.75. The summed E-state index contributed by atoms with van der Waals surface area (Å²) in [5.41, 5.74) is 7.52. The standard InChI is InChI=1S/C32H41NO3/c1-19(2)20-9-11-26-21(15-20)10-12-28-31(3,13-6-14-32(26,28)4)18-33-29-17-24-22(7-5-8-27(24)36-29)23-16-25(23)30(34)35/h5,7-9,11,15,19,23,25,28-29,33H,6,10,12-14,16-18H2,1-4H3,(H,34,35)/t23?,25-,28+,29?,31+,32-/m1/s1. The van der Waals surface area contributed by atoms with Crippen LogP contribution in [-0.2, 0) is 23.1 Å². The van der Waals surface area contributed by atoms with E-state index in [9.17, 15) is 9.90 Å². The number of benzene rings is 2. The van der Waals surface area contributed by atoms with Crippen molar-refractivity contribution in [2.45, 2.75) is 96.1 Å². The van der Waals surface area contributed by atoms with Crippen molar-refractivity contribution in [2.24, 2.45) is 17.3 Å². The first-order valence-electron chi connectivity index (χ1n) is 14.1. The number of rotatable bonds is 6. The molecule has 2 aromatic rings. The first-order valence-corrected chi connectivity index (χ1v) is 14.1. The number of hydrogen-bond acceptors (Lipinski definition) is 3. The molecular formula is C32H41NO3. The van der Waals surface area contributed by atoms with Crippen molar-refractivity contribution >= 4 is 5.97 Å². The molecule has 0 amide bonds. The highest BCUT2D eigenvalue weighted by atomic mass is 16.5. The molecule has 0 aromatic heterocycles. The summed E-state index contributed by atoms with van der Waals surface area (Å²) in [5.74, 6) is 1.42. The molecule has 3 aliphatic carbocycles. The van der Waals surface area contributed by atoms with Gasteiger partial charge in [-0.3, -0.25) is 10.1 Å². The number of hydrogen-bond donors (Lipinski definition) is 2. The fourth-order valence-corrected chi connectivity index (χ4v) is 8.13. The lowest BCUT2D eigenvalue weighted by Crippen LogP contribution is -2.54. The van der Waals surface area contributed by atoms with Gasteiger partial charge in [-0.2, -0.15) is 0 Å². The fraction of sp³-hybridized carbons (Fsp3) is 0.594. The first-order chi connectivity index (χ1) is 17.2. The largest absolute Gasteiger partial charge is 0.481 e. The maximum atomic E-state index is 11.4. The molecule has 192 valence electrons. The summed E-state index contributed by atoms with van der Waals surface area (Å²) in [6.45, 7) is 10.6. The maximum Gasteiger partial charge on any atom is 0.307 e. The van der Waals surface area contributed by atoms with Crippen LogP contribution in [0.15, 0.2) is 36.4 Å². The molecular weight excluding hydrogens is 446 g/mol. The van der Waals surface area contributed by atoms with Gasteiger partial charge in [-0.15, -0.1) is 0 Å². The van der Waals surface area contributed by atoms with Gasteiger partial charge in [0, 0.05) is 18.5 Å². The van der Waals surface area contributed by atoms with Gasteiger partial charge in [-0.05, 0) is 89.0 Å². The molecule has 4 nitrogen and oxygen atoms in total. The van der Waals surface area contributed by atoms with Crippen LogP contribution in [0.3, 0.4) is 0 Å². The molecule has 36 heavy (non-hydrogen) atoms. The fourth-order valence-electron chi connectivity index (χ4n) is 8.13. The van der Waals surface area contributed by atoms with Gasteiger partial charge in [-0.1, -0.05) is 64.4 Å². The molecule has 2 N–H and O–H groups in total. The predicted octanol–water partition coefficient (Wildman–Crippen LogP) is 6.56. The Morgan fingerprint density at radius 3 is 2.78 bits per heavy atom. The van der Waals surface area contributed by atoms with Crippen LogP contribution in [0.1, 0.15) is 99.5 Å². The molecule has 0 saturated heterocycles. The topological polar surface area (TPSA) is 58.6 Å². The average Bonchev–Trinajstić information content (AvgIpc) is 3.54. The average molecular weight is 488 g/mol. The van der Waals surface area contributed by atoms with Crippen LogP contribution < -0.4 is 10.1 Å². The summed E-state index contributed by atoms with van der Waals surface area (Å²) >= 11 is 0. The Morgan fingerprint density at radius 1 is 1.19 bits per heavy atom. The van der Waals surface area contributed by atoms with Gasteiger partial charge < -0.3 is 9.84 Å². The molecule has 2 saturated carbocycles. The molecule has 2 aromatic carbocycles. The van der Waals surface area contributed by atoms with E-state index in [1.807, 2.05) is 12.1 Å². The Bertz CT molecular complexity index is 1190. The van der Waals surface area contributed by atoms with Gasteiger partial charge in [0.05, 0.1) is 5.92 Å². The third-order valence-corrected chi connectivity index (χ3v) is 10.2. The first kappa shape index (κ1) is 24.0. The summed E-state index contributed by atoms with van der Waals surface area (Å²) in [6, 6.07) is 13.5. The second-order valence-electron chi connectivity index (χ2n) is 12.9. The van der Waals surface area contributed by atoms with Gasteiger partial charge in [0.15, 0.2) is 6.23 Å². The second kappa shape index (κ2) is 8.62. The van der Waals surface area contributed by atoms with E-state index in [2.05, 4.69) is 57.3 Å². The molecule has 6 atom stereocenters. The minimum absolute atomic E-state index is 0.0299. The van der Waals surface area contributed by atoms with Crippen LogP contribution in [0.25, 0.3) is 0 Å². The minimum atomic E-state index is -0.672. The molecule has 0 bridgehead atoms. The van der Waals surface area contributed by atoms with E-state index in [0.717, 1.165) is 25.1 Å². The smallest absolute Gasteiger partial charge is 0.307 e. The van der Waals surface area contributed by atoms with Crippen molar-refractivity contribution < 1.29 is 14.6 Å². The van der Waals surface area contributed by atoms with Crippen molar-refractivity contribution in [1.82, 2.24) is 5.32 Å². The molecule has 0 spiro atoms. The maximum absolute atomic E-state index is 11.4. The normalized spacial score (nSPS) is 34.5. The number of carboxylic acid groups (broad SMARTS) is 1. The summed E-state index contributed by atoms with van der Waals surface area (Å²) in [6.07, 6.45) is 7.80. The summed E-state index contributed by atoms with van der Waals surface area (Å²) in [5, 5.41) is 13.2. The van der Waals surface area contributed by atoms with Crippen molar-refractivity contribution in [2.75, 3.05) is 6.54 Å². The van der Waals surface area contributed by atoms with Gasteiger partial charge in [-0.25, -0.2) is 0 Å². The molecule has 1 heterocycles. The Hall–Kier alpha value is -2.33. The van der Waals surface area contributed by atoms with Crippen molar-refractivity contribution in [3.63, 3.8) is 0 Å². The van der Waals surface area contributed by atoms with Crippen molar-refractivity contribution in [1.29, 1.82) is 0 Å². The predicted molar refractivity (Wildman–Crippen MR) is 143 cm³/mol. The number of carboxylic acids is 1. The van der Waals surface area contributed by atoms with E-state index in [4.69, 9.17) is 4.74 Å². The molecule has 1 aliphatic heterocycles. The summed E-state index contributed by atoms with van der Waals surface area (Å²) in [7, 11) is 0. The summed E-state index contributed by atoms with van der Waals surface area (Å²) in [4.78, 5) is 11.4. The third-order valence-electron chi connectivity index (χ3n) is 10.2. The Balaban J connectivity index is 1.17. The van der Waals surface area contributed by atoms with Crippen LogP contribution in [-0.4, -0.2) is 23.8 Å². The molecule has 0 radical (unpaired) electrons. The van der Waals surface area contributed by atoms with E-state index in [0.29, 0.717) is 11.8 Å². The van der Waals surface area contributed by atoms with Gasteiger partial charge >= 0.3 is 5.97 Å². The number of nitrogens with one attached hydrogen (secondary N) is 1. The summed E-state index contributed by atoms with van der Waals surface area (Å²) < 4.78 is 6.35. The highest BCUT2D eigenvalue weighted by Crippen LogP contribution is 2.57. The highest BCUT2D eigenvalue weighted by Gasteiger charge is 2.52. The molecule has 2 unspecified atom stereocenters. The van der Waals surface area contributed by atoms with E-state index in [1.165, 1.54) is 48.8 Å². The lowest BCUT2D eigenvalue weighted by Gasteiger charge is -2.56. The Labute approximate surface area is 215 Å². The lowest BCUT2D eigenvalue weighted by molar-refractivity contribution is -0.138. The zero-order valence-electron chi connectivity index (χ0n) is 22.3. The second-order valence-corrected chi connectivity index (χ2v) is 12.9. The highest BCUT2D eigenvalue weighted by molar-refractivity contribution is 5.75. The van der Waals surface area contributed by atoms with Gasteiger partial charge in [0.1, 0.15) is 5.75 Å². The van der Waals surface area contributed by atoms with Crippen LogP contribution in [0, 0.1) is 17.3 Å². The van der Waals surface area contributed by atoms with Crippen molar-refractivity contribution in [3.05, 3.63) is 64.2 Å². The molecule has 2 fully saturated rings. The lowest BCUT2D eigenvalue weighted by atomic mass is 9.49. The monoisotopic (exact) mass is 487 g/mol. The van der Waals surface area contributed by atoms with Crippen LogP contribution >= 0.6 is 0 Å². The minimum Gasteiger partial charge on any atom is -0.481 e. The van der Waals surface area contributed by atoms with E-state index in [1.54, 1.807) is 11.1 Å². The SMILES string of the molecule is CC(C)c1ccc2c(c1)CC[C@H]1[C@](C)(CNC3Cc4c(cccc4C4C[C@H]4C(=O)O)O3)CCC[C@]21C. The van der Waals surface area contributed by atoms with Gasteiger partial charge in [0.2, 0.25) is 0 Å². The molecule has 6 rings (SSSR count). The zero-order valence-corrected chi connectivity index (χ0v) is 22.3. The van der Waals surface area contributed by atoms with E-state index >= 15 is 0 Å². The quantitative estimate of drug-likeness (QED) is 0.484. The van der Waals surface area contributed by atoms with Crippen molar-refractivity contribution in [3.8, 4) is 5.75 Å². The third kappa shape index (κ3) is 3.88. The number of ether oxygens (including phenoxy) is 1. The number of fused-ring (bicyclic) bond motifs is 4. The Morgan fingerprint density at radius 2 is 2.03 bits per heavy atom. The van der Waals surface area contributed by atoms with E-state index in [-0.39, 0.29) is 28.9 Å². The van der Waals surface area contributed by atoms with E-state index < -0.39 is 5.97 Å². The molecule has 4 heteroatoms. The number of aryl methyl sites for hydroxylation is 1. The van der Waals surface area contributed by atoms with Crippen LogP contribution in [0.5, 0.6) is 5.75 Å². The number of carbonyl (C=O) groups is 1. The van der Waals surface area contributed by atoms with Gasteiger partial charge in [0.25, 0.3) is 0 Å².